The van der Waals surface area contributed by atoms with Gasteiger partial charge in [-0.05, 0) is 12.5 Å². The molecule has 0 aromatic carbocycles. The van der Waals surface area contributed by atoms with Crippen LogP contribution in [0.1, 0.15) is 5.56 Å². The molecule has 0 unspecified atom stereocenters. The summed E-state index contributed by atoms with van der Waals surface area (Å²) in [6.07, 6.45) is 7.15. The molecule has 0 N–H and O–H groups in total. The summed E-state index contributed by atoms with van der Waals surface area (Å²) in [5.41, 5.74) is 1.21. The largest absolute Gasteiger partial charge is 1.00 e. The van der Waals surface area contributed by atoms with Gasteiger partial charge < -0.3 is 4.98 Å². The number of aromatic nitrogens is 3. The zero-order valence-corrected chi connectivity index (χ0v) is 11.9. The molecule has 0 fully saturated rings. The van der Waals surface area contributed by atoms with Gasteiger partial charge in [-0.3, -0.25) is 4.68 Å². The number of hydrogen-bond acceptors (Lipinski definition) is 2. The van der Waals surface area contributed by atoms with Crippen molar-refractivity contribution in [3.8, 4) is 0 Å². The fourth-order valence-electron chi connectivity index (χ4n) is 0.821. The third kappa shape index (κ3) is 6.45. The Labute approximate surface area is 127 Å². The first-order chi connectivity index (χ1) is 6.29. The Hall–Kier alpha value is -0.00364. The van der Waals surface area contributed by atoms with Crippen LogP contribution in [0.4, 0.5) is 0 Å². The van der Waals surface area contributed by atoms with E-state index in [1.807, 2.05) is 38.5 Å². The molecule has 14 heavy (non-hydrogen) atoms. The van der Waals surface area contributed by atoms with Crippen molar-refractivity contribution >= 4 is 0 Å². The van der Waals surface area contributed by atoms with Crippen LogP contribution in [0.2, 0.25) is 0 Å². The fraction of sp³-hybridized carbons (Fsp3) is 0.200. The molecular weight excluding hydrogens is 201 g/mol. The van der Waals surface area contributed by atoms with Gasteiger partial charge in [0.2, 0.25) is 0 Å². The summed E-state index contributed by atoms with van der Waals surface area (Å²) in [5, 5.41) is 3.93. The van der Waals surface area contributed by atoms with Crippen LogP contribution in [0.15, 0.2) is 36.9 Å². The number of pyridine rings is 1. The van der Waals surface area contributed by atoms with Gasteiger partial charge in [0.15, 0.2) is 0 Å². The average molecular weight is 213 g/mol. The summed E-state index contributed by atoms with van der Waals surface area (Å²) in [5.74, 6) is 0. The number of aryl methyl sites for hydroxylation is 2. The Kier molecular flexibility index (Phi) is 8.31. The maximum absolute atomic E-state index is 3.93. The van der Waals surface area contributed by atoms with Crippen LogP contribution in [0.5, 0.6) is 0 Å². The summed E-state index contributed by atoms with van der Waals surface area (Å²) in [6.45, 7) is 2.02. The first-order valence-electron chi connectivity index (χ1n) is 4.00. The predicted octanol–water partition coefficient (Wildman–Crippen LogP) is -1.39. The summed E-state index contributed by atoms with van der Waals surface area (Å²) in [6, 6.07) is 6.43. The monoisotopic (exact) mass is 213 g/mol. The third-order valence-corrected chi connectivity index (χ3v) is 1.35. The Morgan fingerprint density at radius 1 is 1.43 bits per heavy atom. The van der Waals surface area contributed by atoms with E-state index in [-0.39, 0.29) is 51.4 Å². The van der Waals surface area contributed by atoms with Crippen LogP contribution in [-0.2, 0) is 7.05 Å². The molecule has 2 rings (SSSR count). The average Bonchev–Trinajstić information content (AvgIpc) is 2.54. The molecule has 0 aliphatic carbocycles. The maximum Gasteiger partial charge on any atom is 1.00 e. The molecule has 0 amide bonds. The van der Waals surface area contributed by atoms with Gasteiger partial charge in [-0.25, -0.2) is 12.1 Å². The second-order valence-electron chi connectivity index (χ2n) is 2.64. The first kappa shape index (κ1) is 14.0. The molecule has 3 nitrogen and oxygen atoms in total. The molecule has 0 saturated heterocycles. The minimum atomic E-state index is 0. The minimum absolute atomic E-state index is 0. The Bertz CT molecular complexity index is 289. The van der Waals surface area contributed by atoms with E-state index in [2.05, 4.69) is 16.1 Å². The summed E-state index contributed by atoms with van der Waals surface area (Å²) in [4.78, 5) is 3.73. The van der Waals surface area contributed by atoms with E-state index >= 15 is 0 Å². The van der Waals surface area contributed by atoms with Gasteiger partial charge in [0.1, 0.15) is 0 Å². The van der Waals surface area contributed by atoms with Crippen LogP contribution in [0.25, 0.3) is 0 Å². The Morgan fingerprint density at radius 3 is 2.36 bits per heavy atom. The van der Waals surface area contributed by atoms with E-state index in [4.69, 9.17) is 0 Å². The van der Waals surface area contributed by atoms with Crippen molar-refractivity contribution in [1.29, 1.82) is 0 Å². The number of hydrogen-bond donors (Lipinski definition) is 0. The molecule has 0 aliphatic rings. The van der Waals surface area contributed by atoms with Crippen molar-refractivity contribution < 1.29 is 51.4 Å². The second-order valence-corrected chi connectivity index (χ2v) is 2.64. The third-order valence-electron chi connectivity index (χ3n) is 1.35. The molecule has 2 heterocycles. The zero-order chi connectivity index (χ0) is 9.52. The van der Waals surface area contributed by atoms with E-state index in [0.29, 0.717) is 0 Å². The molecule has 2 aromatic rings. The van der Waals surface area contributed by atoms with E-state index in [1.165, 1.54) is 5.56 Å². The molecule has 4 heteroatoms. The molecule has 0 radical (unpaired) electrons. The van der Waals surface area contributed by atoms with Crippen molar-refractivity contribution in [2.45, 2.75) is 6.92 Å². The SMILES string of the molecule is Cc1cnn(C)c1.[K+].[c-]1cccnc1. The maximum atomic E-state index is 3.93. The molecule has 0 bridgehead atoms. The van der Waals surface area contributed by atoms with Gasteiger partial charge in [-0.1, -0.05) is 12.4 Å². The molecule has 0 atom stereocenters. The second kappa shape index (κ2) is 8.32. The quantitative estimate of drug-likeness (QED) is 0.399. The van der Waals surface area contributed by atoms with Gasteiger partial charge >= 0.3 is 51.4 Å². The summed E-state index contributed by atoms with van der Waals surface area (Å²) < 4.78 is 1.79. The van der Waals surface area contributed by atoms with Crippen molar-refractivity contribution in [1.82, 2.24) is 14.8 Å². The molecule has 0 saturated carbocycles. The van der Waals surface area contributed by atoms with Gasteiger partial charge in [-0.2, -0.15) is 11.2 Å². The molecule has 0 spiro atoms. The molecular formula is C10H12KN3. The summed E-state index contributed by atoms with van der Waals surface area (Å²) in [7, 11) is 1.91. The van der Waals surface area contributed by atoms with Gasteiger partial charge in [0, 0.05) is 13.2 Å². The zero-order valence-electron chi connectivity index (χ0n) is 8.81. The number of nitrogens with zero attached hydrogens (tertiary/aromatic N) is 3. The van der Waals surface area contributed by atoms with Crippen LogP contribution < -0.4 is 51.4 Å². The van der Waals surface area contributed by atoms with E-state index in [9.17, 15) is 0 Å². The topological polar surface area (TPSA) is 30.7 Å². The normalized spacial score (nSPS) is 8.14. The van der Waals surface area contributed by atoms with E-state index in [0.717, 1.165) is 0 Å². The predicted molar refractivity (Wildman–Crippen MR) is 51.0 cm³/mol. The molecule has 0 aliphatic heterocycles. The summed E-state index contributed by atoms with van der Waals surface area (Å²) >= 11 is 0. The first-order valence-corrected chi connectivity index (χ1v) is 4.00. The van der Waals surface area contributed by atoms with E-state index in [1.54, 1.807) is 17.1 Å². The van der Waals surface area contributed by atoms with Crippen LogP contribution in [-0.4, -0.2) is 14.8 Å². The molecule has 2 aromatic heterocycles. The van der Waals surface area contributed by atoms with Crippen molar-refractivity contribution in [2.24, 2.45) is 7.05 Å². The van der Waals surface area contributed by atoms with Gasteiger partial charge in [0.25, 0.3) is 0 Å². The standard InChI is InChI=1S/C5H8N2.C5H4N.K/c1-5-3-6-7(2)4-5;1-2-4-6-5-3-1;/h3-4H,1-2H3;1-2,4-5H;/q;-1;+1. The van der Waals surface area contributed by atoms with E-state index < -0.39 is 0 Å². The Balaban J connectivity index is 0.000000227. The smallest absolute Gasteiger partial charge is 0.304 e. The van der Waals surface area contributed by atoms with Crippen molar-refractivity contribution in [3.05, 3.63) is 48.5 Å². The van der Waals surface area contributed by atoms with Crippen LogP contribution >= 0.6 is 0 Å². The van der Waals surface area contributed by atoms with Gasteiger partial charge in [-0.15, -0.1) is 0 Å². The Morgan fingerprint density at radius 2 is 2.21 bits per heavy atom. The number of rotatable bonds is 0. The van der Waals surface area contributed by atoms with Crippen LogP contribution in [0, 0.1) is 13.0 Å². The van der Waals surface area contributed by atoms with Crippen LogP contribution in [0.3, 0.4) is 0 Å². The fourth-order valence-corrected chi connectivity index (χ4v) is 0.821. The van der Waals surface area contributed by atoms with Crippen molar-refractivity contribution in [3.63, 3.8) is 0 Å². The molecule has 68 valence electrons. The van der Waals surface area contributed by atoms with Gasteiger partial charge in [0.05, 0.1) is 6.20 Å². The minimum Gasteiger partial charge on any atom is -0.304 e. The van der Waals surface area contributed by atoms with Crippen molar-refractivity contribution in [2.75, 3.05) is 0 Å².